The Labute approximate surface area is 94.8 Å². The maximum Gasteiger partial charge on any atom is 0.367 e. The van der Waals surface area contributed by atoms with E-state index in [0.717, 1.165) is 11.3 Å². The third-order valence-corrected chi connectivity index (χ3v) is 3.41. The molecule has 1 rings (SSSR count). The summed E-state index contributed by atoms with van der Waals surface area (Å²) in [6.45, 7) is 0. The van der Waals surface area contributed by atoms with E-state index in [1.54, 1.807) is 0 Å². The minimum Gasteiger partial charge on any atom is -0.468 e. The summed E-state index contributed by atoms with van der Waals surface area (Å²) < 4.78 is 9.60. The number of ether oxygens (including phenoxy) is 2. The Morgan fingerprint density at radius 1 is 1.47 bits per heavy atom. The zero-order chi connectivity index (χ0) is 11.3. The van der Waals surface area contributed by atoms with Crippen LogP contribution in [0.4, 0.5) is 0 Å². The van der Waals surface area contributed by atoms with Gasteiger partial charge in [-0.3, -0.25) is 4.79 Å². The lowest BCUT2D eigenvalue weighted by Gasteiger charge is -1.95. The van der Waals surface area contributed by atoms with E-state index in [1.807, 2.05) is 0 Å². The second kappa shape index (κ2) is 5.72. The molecule has 7 heteroatoms. The van der Waals surface area contributed by atoms with Crippen LogP contribution < -0.4 is 0 Å². The maximum atomic E-state index is 11.0. The van der Waals surface area contributed by atoms with Crippen molar-refractivity contribution in [3.8, 4) is 0 Å². The molecule has 1 radical (unpaired) electrons. The molecule has 0 atom stereocenters. The van der Waals surface area contributed by atoms with Crippen LogP contribution in [0.15, 0.2) is 4.21 Å². The van der Waals surface area contributed by atoms with Gasteiger partial charge in [-0.15, -0.1) is 11.8 Å². The zero-order valence-corrected chi connectivity index (χ0v) is 9.74. The average Bonchev–Trinajstić information content (AvgIpc) is 2.73. The molecule has 0 fully saturated rings. The van der Waals surface area contributed by atoms with Crippen LogP contribution in [0.25, 0.3) is 0 Å². The Bertz CT molecular complexity index is 363. The number of carbonyl (C=O) groups is 2. The van der Waals surface area contributed by atoms with Crippen LogP contribution in [0.5, 0.6) is 0 Å². The van der Waals surface area contributed by atoms with E-state index in [0.29, 0.717) is 4.21 Å². The van der Waals surface area contributed by atoms with Crippen LogP contribution in [0.3, 0.4) is 0 Å². The molecule has 0 spiro atoms. The van der Waals surface area contributed by atoms with Gasteiger partial charge in [0.25, 0.3) is 0 Å². The third-order valence-electron chi connectivity index (χ3n) is 1.35. The van der Waals surface area contributed by atoms with Crippen molar-refractivity contribution in [2.45, 2.75) is 4.21 Å². The van der Waals surface area contributed by atoms with Crippen molar-refractivity contribution in [1.82, 2.24) is 4.98 Å². The van der Waals surface area contributed by atoms with Gasteiger partial charge in [-0.1, -0.05) is 11.3 Å². The summed E-state index contributed by atoms with van der Waals surface area (Å²) in [5.41, 5.74) is 0. The van der Waals surface area contributed by atoms with E-state index < -0.39 is 5.97 Å². The zero-order valence-electron chi connectivity index (χ0n) is 8.10. The van der Waals surface area contributed by atoms with Crippen molar-refractivity contribution >= 4 is 35.0 Å². The fraction of sp³-hybridized carbons (Fsp3) is 0.375. The largest absolute Gasteiger partial charge is 0.468 e. The fourth-order valence-electron chi connectivity index (χ4n) is 0.650. The van der Waals surface area contributed by atoms with Gasteiger partial charge in [0, 0.05) is 0 Å². The van der Waals surface area contributed by atoms with Gasteiger partial charge in [0.05, 0.1) is 24.2 Å². The Morgan fingerprint density at radius 2 is 2.20 bits per heavy atom. The Balaban J connectivity index is 2.53. The van der Waals surface area contributed by atoms with E-state index in [1.165, 1.54) is 26.0 Å². The molecule has 0 aliphatic rings. The highest BCUT2D eigenvalue weighted by Gasteiger charge is 2.12. The van der Waals surface area contributed by atoms with Crippen LogP contribution in [-0.2, 0) is 14.3 Å². The van der Waals surface area contributed by atoms with E-state index >= 15 is 0 Å². The van der Waals surface area contributed by atoms with Gasteiger partial charge in [-0.05, 0) is 0 Å². The van der Waals surface area contributed by atoms with Crippen molar-refractivity contribution in [2.24, 2.45) is 0 Å². The summed E-state index contributed by atoms with van der Waals surface area (Å²) >= 11 is 2.35. The van der Waals surface area contributed by atoms with E-state index in [9.17, 15) is 9.59 Å². The molecule has 5 nitrogen and oxygen atoms in total. The normalized spacial score (nSPS) is 9.73. The summed E-state index contributed by atoms with van der Waals surface area (Å²) in [5.74, 6) is -0.655. The number of thioether (sulfide) groups is 1. The highest BCUT2D eigenvalue weighted by atomic mass is 32.2. The minimum atomic E-state index is -0.499. The van der Waals surface area contributed by atoms with Crippen molar-refractivity contribution in [3.63, 3.8) is 0 Å². The second-order valence-electron chi connectivity index (χ2n) is 2.27. The molecule has 0 unspecified atom stereocenters. The minimum absolute atomic E-state index is 0.176. The highest BCUT2D eigenvalue weighted by molar-refractivity contribution is 8.01. The Morgan fingerprint density at radius 3 is 2.80 bits per heavy atom. The summed E-state index contributed by atoms with van der Waals surface area (Å²) in [6.07, 6.45) is 2.62. The topological polar surface area (TPSA) is 65.5 Å². The monoisotopic (exact) mass is 246 g/mol. The van der Waals surface area contributed by atoms with Crippen LogP contribution >= 0.6 is 23.1 Å². The molecular weight excluding hydrogens is 238 g/mol. The van der Waals surface area contributed by atoms with Crippen molar-refractivity contribution < 1.29 is 19.1 Å². The molecule has 0 saturated heterocycles. The molecule has 0 saturated carbocycles. The van der Waals surface area contributed by atoms with Crippen LogP contribution in [-0.4, -0.2) is 36.9 Å². The molecule has 1 heterocycles. The van der Waals surface area contributed by atoms with Gasteiger partial charge in [-0.2, -0.15) is 0 Å². The molecule has 0 bridgehead atoms. The molecule has 1 aromatic rings. The van der Waals surface area contributed by atoms with Crippen molar-refractivity contribution in [3.05, 3.63) is 11.2 Å². The fourth-order valence-corrected chi connectivity index (χ4v) is 2.30. The number of aromatic nitrogens is 1. The number of thiazole rings is 1. The molecule has 0 amide bonds. The lowest BCUT2D eigenvalue weighted by molar-refractivity contribution is -0.137. The van der Waals surface area contributed by atoms with Crippen LogP contribution in [0.1, 0.15) is 9.80 Å². The predicted octanol–water partition coefficient (Wildman–Crippen LogP) is 0.995. The van der Waals surface area contributed by atoms with E-state index in [4.69, 9.17) is 0 Å². The first-order valence-corrected chi connectivity index (χ1v) is 5.64. The Hall–Kier alpha value is -1.08. The quantitative estimate of drug-likeness (QED) is 0.583. The molecule has 81 valence electrons. The second-order valence-corrected chi connectivity index (χ2v) is 4.52. The van der Waals surface area contributed by atoms with Gasteiger partial charge in [0.1, 0.15) is 6.20 Å². The van der Waals surface area contributed by atoms with Gasteiger partial charge in [0.15, 0.2) is 0 Å². The standard InChI is InChI=1S/C8H8NO4S2/c1-12-5(10)4-14-6-3-9-7(15-6)8(11)13-2/h4H2,1-2H3. The molecular formula is C8H8NO4S2. The lowest BCUT2D eigenvalue weighted by Crippen LogP contribution is -2.02. The smallest absolute Gasteiger partial charge is 0.367 e. The first-order valence-electron chi connectivity index (χ1n) is 3.83. The maximum absolute atomic E-state index is 11.0. The van der Waals surface area contributed by atoms with Crippen LogP contribution in [0.2, 0.25) is 0 Å². The summed E-state index contributed by atoms with van der Waals surface area (Å²) in [7, 11) is 2.60. The van der Waals surface area contributed by atoms with E-state index in [-0.39, 0.29) is 16.7 Å². The summed E-state index contributed by atoms with van der Waals surface area (Å²) in [5, 5.41) is 0.227. The molecule has 0 aliphatic carbocycles. The van der Waals surface area contributed by atoms with Gasteiger partial charge >= 0.3 is 11.9 Å². The number of methoxy groups -OCH3 is 2. The highest BCUT2D eigenvalue weighted by Crippen LogP contribution is 2.24. The van der Waals surface area contributed by atoms with Gasteiger partial charge < -0.3 is 9.47 Å². The average molecular weight is 246 g/mol. The summed E-state index contributed by atoms with van der Waals surface area (Å²) in [4.78, 5) is 25.6. The molecule has 0 aromatic carbocycles. The first kappa shape index (κ1) is 12.0. The predicted molar refractivity (Wildman–Crippen MR) is 55.0 cm³/mol. The molecule has 15 heavy (non-hydrogen) atoms. The number of hydrogen-bond donors (Lipinski definition) is 0. The number of esters is 2. The van der Waals surface area contributed by atoms with Gasteiger partial charge in [0.2, 0.25) is 5.01 Å². The third kappa shape index (κ3) is 3.52. The number of hydrogen-bond acceptors (Lipinski definition) is 7. The Kier molecular flexibility index (Phi) is 4.57. The summed E-state index contributed by atoms with van der Waals surface area (Å²) in [6, 6.07) is 0. The first-order chi connectivity index (χ1) is 7.17. The van der Waals surface area contributed by atoms with Crippen LogP contribution in [0, 0.1) is 6.20 Å². The number of rotatable bonds is 4. The number of carbonyl (C=O) groups excluding carboxylic acids is 2. The SMILES string of the molecule is COC(=O)CSc1[c]nc(C(=O)OC)s1. The van der Waals surface area contributed by atoms with Crippen molar-refractivity contribution in [2.75, 3.05) is 20.0 Å². The molecule has 1 aromatic heterocycles. The molecule has 0 N–H and O–H groups in total. The van der Waals surface area contributed by atoms with E-state index in [2.05, 4.69) is 20.7 Å². The lowest BCUT2D eigenvalue weighted by atomic mass is 10.7. The molecule has 0 aliphatic heterocycles. The number of nitrogens with zero attached hydrogens (tertiary/aromatic N) is 1. The van der Waals surface area contributed by atoms with Gasteiger partial charge in [-0.25, -0.2) is 9.78 Å². The van der Waals surface area contributed by atoms with Crippen molar-refractivity contribution in [1.29, 1.82) is 0 Å².